The summed E-state index contributed by atoms with van der Waals surface area (Å²) < 4.78 is 0. The molecular formula is C9H9ClN2. The number of nitrogens with zero attached hydrogens (tertiary/aromatic N) is 1. The van der Waals surface area contributed by atoms with Gasteiger partial charge in [-0.05, 0) is 25.0 Å². The fraction of sp³-hybridized carbons (Fsp3) is 0.444. The highest BCUT2D eigenvalue weighted by Crippen LogP contribution is 2.53. The first-order valence-corrected chi connectivity index (χ1v) is 4.59. The molecule has 3 heteroatoms. The summed E-state index contributed by atoms with van der Waals surface area (Å²) in [5.41, 5.74) is 2.73. The van der Waals surface area contributed by atoms with Gasteiger partial charge in [0.1, 0.15) is 5.15 Å². The van der Waals surface area contributed by atoms with E-state index in [-0.39, 0.29) is 0 Å². The summed E-state index contributed by atoms with van der Waals surface area (Å²) in [7, 11) is 0. The molecule has 1 N–H and O–H groups in total. The Hall–Kier alpha value is -0.760. The molecule has 12 heavy (non-hydrogen) atoms. The maximum absolute atomic E-state index is 5.84. The van der Waals surface area contributed by atoms with E-state index in [1.165, 1.54) is 24.2 Å². The Labute approximate surface area is 76.0 Å². The lowest BCUT2D eigenvalue weighted by Gasteiger charge is -2.03. The molecule has 2 heterocycles. The van der Waals surface area contributed by atoms with E-state index >= 15 is 0 Å². The maximum Gasteiger partial charge on any atom is 0.129 e. The first-order valence-electron chi connectivity index (χ1n) is 4.21. The summed E-state index contributed by atoms with van der Waals surface area (Å²) in [5, 5.41) is 3.97. The van der Waals surface area contributed by atoms with Crippen LogP contribution in [0.3, 0.4) is 0 Å². The number of fused-ring (bicyclic) bond motifs is 2. The molecule has 3 rings (SSSR count). The third-order valence-corrected chi connectivity index (χ3v) is 3.04. The Morgan fingerprint density at radius 1 is 1.42 bits per heavy atom. The van der Waals surface area contributed by atoms with Crippen LogP contribution in [0.5, 0.6) is 0 Å². The first kappa shape index (κ1) is 6.72. The quantitative estimate of drug-likeness (QED) is 0.620. The minimum absolute atomic E-state index is 0.361. The molecule has 1 saturated carbocycles. The van der Waals surface area contributed by atoms with Crippen LogP contribution in [-0.2, 0) is 5.41 Å². The number of anilines is 1. The minimum Gasteiger partial charge on any atom is -0.383 e. The Morgan fingerprint density at radius 3 is 3.00 bits per heavy atom. The standard InChI is InChI=1S/C9H9ClN2/c10-7-2-1-6-8(12-7)9(3-4-9)5-11-6/h1-2,11H,3-5H2. The van der Waals surface area contributed by atoms with Crippen LogP contribution in [0.4, 0.5) is 5.69 Å². The van der Waals surface area contributed by atoms with Crippen LogP contribution in [0.2, 0.25) is 5.15 Å². The molecule has 1 aromatic heterocycles. The Kier molecular flexibility index (Phi) is 1.09. The Balaban J connectivity index is 2.20. The van der Waals surface area contributed by atoms with Gasteiger partial charge < -0.3 is 5.32 Å². The average Bonchev–Trinajstić information content (AvgIpc) is 2.74. The van der Waals surface area contributed by atoms with E-state index in [9.17, 15) is 0 Å². The normalized spacial score (nSPS) is 22.1. The molecule has 0 saturated heterocycles. The van der Waals surface area contributed by atoms with Crippen LogP contribution in [0, 0.1) is 0 Å². The highest BCUT2D eigenvalue weighted by molar-refractivity contribution is 6.29. The largest absolute Gasteiger partial charge is 0.383 e. The second-order valence-corrected chi connectivity index (χ2v) is 4.05. The predicted octanol–water partition coefficient (Wildman–Crippen LogP) is 2.19. The lowest BCUT2D eigenvalue weighted by Crippen LogP contribution is -2.09. The van der Waals surface area contributed by atoms with E-state index in [0.717, 1.165) is 6.54 Å². The maximum atomic E-state index is 5.84. The van der Waals surface area contributed by atoms with Crippen LogP contribution in [0.1, 0.15) is 18.5 Å². The number of rotatable bonds is 0. The number of nitrogens with one attached hydrogen (secondary N) is 1. The summed E-state index contributed by atoms with van der Waals surface area (Å²) in [6.45, 7) is 1.05. The molecule has 0 radical (unpaired) electrons. The van der Waals surface area contributed by atoms with Gasteiger partial charge in [-0.2, -0.15) is 0 Å². The van der Waals surface area contributed by atoms with Crippen molar-refractivity contribution >= 4 is 17.3 Å². The molecule has 0 unspecified atom stereocenters. The smallest absolute Gasteiger partial charge is 0.129 e. The topological polar surface area (TPSA) is 24.9 Å². The van der Waals surface area contributed by atoms with Gasteiger partial charge in [0, 0.05) is 12.0 Å². The number of pyridine rings is 1. The molecule has 1 fully saturated rings. The summed E-state index contributed by atoms with van der Waals surface area (Å²) in [6, 6.07) is 3.87. The zero-order valence-corrected chi connectivity index (χ0v) is 7.36. The molecule has 1 spiro atoms. The monoisotopic (exact) mass is 180 g/mol. The summed E-state index contributed by atoms with van der Waals surface area (Å²) in [5.74, 6) is 0. The highest BCUT2D eigenvalue weighted by Gasteiger charge is 2.50. The van der Waals surface area contributed by atoms with Crippen LogP contribution in [-0.4, -0.2) is 11.5 Å². The summed E-state index contributed by atoms with van der Waals surface area (Å²) in [6.07, 6.45) is 2.53. The van der Waals surface area contributed by atoms with Gasteiger partial charge in [-0.3, -0.25) is 0 Å². The van der Waals surface area contributed by atoms with Crippen LogP contribution in [0.15, 0.2) is 12.1 Å². The van der Waals surface area contributed by atoms with Gasteiger partial charge in [0.15, 0.2) is 0 Å². The molecule has 1 aromatic rings. The van der Waals surface area contributed by atoms with Crippen molar-refractivity contribution in [3.05, 3.63) is 23.0 Å². The zero-order valence-electron chi connectivity index (χ0n) is 6.60. The SMILES string of the molecule is Clc1ccc2c(n1)C1(CC1)CN2. The molecule has 1 aliphatic heterocycles. The predicted molar refractivity (Wildman–Crippen MR) is 48.6 cm³/mol. The molecule has 0 aromatic carbocycles. The third-order valence-electron chi connectivity index (χ3n) is 2.83. The van der Waals surface area contributed by atoms with Crippen molar-refractivity contribution in [3.8, 4) is 0 Å². The minimum atomic E-state index is 0.361. The van der Waals surface area contributed by atoms with Crippen molar-refractivity contribution in [2.75, 3.05) is 11.9 Å². The lowest BCUT2D eigenvalue weighted by molar-refractivity contribution is 0.749. The molecule has 2 aliphatic rings. The van der Waals surface area contributed by atoms with E-state index in [4.69, 9.17) is 11.6 Å². The van der Waals surface area contributed by atoms with Crippen molar-refractivity contribution in [2.24, 2.45) is 0 Å². The average molecular weight is 181 g/mol. The van der Waals surface area contributed by atoms with Crippen molar-refractivity contribution in [3.63, 3.8) is 0 Å². The first-order chi connectivity index (χ1) is 5.80. The van der Waals surface area contributed by atoms with E-state index in [2.05, 4.69) is 10.3 Å². The number of hydrogen-bond donors (Lipinski definition) is 1. The van der Waals surface area contributed by atoms with Gasteiger partial charge in [0.25, 0.3) is 0 Å². The van der Waals surface area contributed by atoms with Gasteiger partial charge in [0.2, 0.25) is 0 Å². The summed E-state index contributed by atoms with van der Waals surface area (Å²) in [4.78, 5) is 4.37. The zero-order chi connectivity index (χ0) is 8.18. The molecule has 2 nitrogen and oxygen atoms in total. The van der Waals surface area contributed by atoms with E-state index in [1.807, 2.05) is 12.1 Å². The third kappa shape index (κ3) is 0.734. The Morgan fingerprint density at radius 2 is 2.25 bits per heavy atom. The van der Waals surface area contributed by atoms with Crippen LogP contribution >= 0.6 is 11.6 Å². The molecule has 62 valence electrons. The number of halogens is 1. The fourth-order valence-corrected chi connectivity index (χ4v) is 2.04. The van der Waals surface area contributed by atoms with Crippen molar-refractivity contribution in [1.82, 2.24) is 4.98 Å². The number of aromatic nitrogens is 1. The van der Waals surface area contributed by atoms with E-state index < -0.39 is 0 Å². The molecule has 0 bridgehead atoms. The van der Waals surface area contributed by atoms with Crippen molar-refractivity contribution < 1.29 is 0 Å². The van der Waals surface area contributed by atoms with Gasteiger partial charge >= 0.3 is 0 Å². The highest BCUT2D eigenvalue weighted by atomic mass is 35.5. The van der Waals surface area contributed by atoms with Gasteiger partial charge in [-0.15, -0.1) is 0 Å². The second-order valence-electron chi connectivity index (χ2n) is 3.66. The van der Waals surface area contributed by atoms with E-state index in [1.54, 1.807) is 0 Å². The molecule has 0 amide bonds. The van der Waals surface area contributed by atoms with Gasteiger partial charge in [-0.1, -0.05) is 11.6 Å². The second kappa shape index (κ2) is 1.94. The van der Waals surface area contributed by atoms with Crippen LogP contribution < -0.4 is 5.32 Å². The van der Waals surface area contributed by atoms with Gasteiger partial charge in [-0.25, -0.2) is 4.98 Å². The molecule has 1 aliphatic carbocycles. The fourth-order valence-electron chi connectivity index (χ4n) is 1.89. The molecule has 0 atom stereocenters. The Bertz CT molecular complexity index is 344. The van der Waals surface area contributed by atoms with Gasteiger partial charge in [0.05, 0.1) is 11.4 Å². The number of hydrogen-bond acceptors (Lipinski definition) is 2. The van der Waals surface area contributed by atoms with Crippen LogP contribution in [0.25, 0.3) is 0 Å². The molecular weight excluding hydrogens is 172 g/mol. The summed E-state index contributed by atoms with van der Waals surface area (Å²) >= 11 is 5.84. The lowest BCUT2D eigenvalue weighted by atomic mass is 10.1. The van der Waals surface area contributed by atoms with E-state index in [0.29, 0.717) is 10.6 Å². The van der Waals surface area contributed by atoms with Crippen molar-refractivity contribution in [1.29, 1.82) is 0 Å². The van der Waals surface area contributed by atoms with Crippen molar-refractivity contribution in [2.45, 2.75) is 18.3 Å².